The molecule has 0 spiro atoms. The van der Waals surface area contributed by atoms with Gasteiger partial charge in [0.1, 0.15) is 12.4 Å². The van der Waals surface area contributed by atoms with Crippen LogP contribution in [0.3, 0.4) is 0 Å². The summed E-state index contributed by atoms with van der Waals surface area (Å²) in [6.45, 7) is 8.52. The van der Waals surface area contributed by atoms with Gasteiger partial charge in [0.2, 0.25) is 0 Å². The Kier molecular flexibility index (Phi) is 4.73. The molecule has 0 atom stereocenters. The molecule has 1 aromatic rings. The van der Waals surface area contributed by atoms with Crippen LogP contribution >= 0.6 is 11.8 Å². The Bertz CT molecular complexity index is 450. The molecule has 0 saturated carbocycles. The van der Waals surface area contributed by atoms with Gasteiger partial charge >= 0.3 is 0 Å². The summed E-state index contributed by atoms with van der Waals surface area (Å²) in [6.07, 6.45) is 0. The normalized spacial score (nSPS) is 18.8. The average molecular weight is 276 g/mol. The van der Waals surface area contributed by atoms with Gasteiger partial charge in [0.15, 0.2) is 0 Å². The molecular weight excluding hydrogens is 256 g/mol. The minimum Gasteiger partial charge on any atom is -0.492 e. The van der Waals surface area contributed by atoms with Crippen molar-refractivity contribution in [3.05, 3.63) is 29.8 Å². The molecule has 0 aromatic heterocycles. The van der Waals surface area contributed by atoms with Crippen LogP contribution in [0.1, 0.15) is 19.4 Å². The van der Waals surface area contributed by atoms with Crippen LogP contribution in [0.15, 0.2) is 24.3 Å². The Labute approximate surface area is 119 Å². The molecule has 0 unspecified atom stereocenters. The Morgan fingerprint density at radius 1 is 1.37 bits per heavy atom. The van der Waals surface area contributed by atoms with Crippen LogP contribution in [0.25, 0.3) is 0 Å². The molecule has 0 bridgehead atoms. The predicted molar refractivity (Wildman–Crippen MR) is 79.6 cm³/mol. The molecule has 4 heteroatoms. The predicted octanol–water partition coefficient (Wildman–Crippen LogP) is 2.76. The van der Waals surface area contributed by atoms with Gasteiger partial charge in [-0.2, -0.15) is 17.0 Å². The van der Waals surface area contributed by atoms with E-state index in [2.05, 4.69) is 24.8 Å². The van der Waals surface area contributed by atoms with Gasteiger partial charge in [0.25, 0.3) is 0 Å². The summed E-state index contributed by atoms with van der Waals surface area (Å²) in [5.74, 6) is 2.04. The third kappa shape index (κ3) is 4.45. The summed E-state index contributed by atoms with van der Waals surface area (Å²) in [6, 6.07) is 9.39. The molecule has 1 saturated heterocycles. The second-order valence-electron chi connectivity index (χ2n) is 5.37. The molecule has 19 heavy (non-hydrogen) atoms. The van der Waals surface area contributed by atoms with Gasteiger partial charge in [-0.3, -0.25) is 4.90 Å². The molecule has 1 heterocycles. The molecule has 2 rings (SSSR count). The molecule has 0 amide bonds. The van der Waals surface area contributed by atoms with E-state index in [1.54, 1.807) is 12.1 Å². The Morgan fingerprint density at radius 3 is 2.74 bits per heavy atom. The number of thioether (sulfide) groups is 1. The van der Waals surface area contributed by atoms with E-state index >= 15 is 0 Å². The van der Waals surface area contributed by atoms with Gasteiger partial charge in [-0.05, 0) is 38.1 Å². The van der Waals surface area contributed by atoms with Crippen molar-refractivity contribution in [3.63, 3.8) is 0 Å². The Hall–Kier alpha value is -1.18. The molecule has 0 N–H and O–H groups in total. The van der Waals surface area contributed by atoms with E-state index in [4.69, 9.17) is 10.00 Å². The van der Waals surface area contributed by atoms with Crippen LogP contribution in [0.4, 0.5) is 0 Å². The van der Waals surface area contributed by atoms with Gasteiger partial charge in [-0.15, -0.1) is 0 Å². The third-order valence-electron chi connectivity index (χ3n) is 3.16. The van der Waals surface area contributed by atoms with Crippen LogP contribution in [0, 0.1) is 11.3 Å². The standard InChI is InChI=1S/C15H20N2OS/c1-15(2)12-17(8-10-19-15)7-9-18-14-5-3-13(11-16)4-6-14/h3-6H,7-10,12H2,1-2H3. The fourth-order valence-electron chi connectivity index (χ4n) is 2.22. The number of nitriles is 1. The van der Waals surface area contributed by atoms with E-state index < -0.39 is 0 Å². The van der Waals surface area contributed by atoms with Crippen molar-refractivity contribution < 1.29 is 4.74 Å². The van der Waals surface area contributed by atoms with Crippen LogP contribution in [-0.4, -0.2) is 41.6 Å². The fourth-order valence-corrected chi connectivity index (χ4v) is 3.40. The van der Waals surface area contributed by atoms with E-state index in [9.17, 15) is 0 Å². The molecule has 3 nitrogen and oxygen atoms in total. The first-order valence-electron chi connectivity index (χ1n) is 6.58. The zero-order chi connectivity index (χ0) is 13.7. The molecular formula is C15H20N2OS. The second-order valence-corrected chi connectivity index (χ2v) is 7.17. The SMILES string of the molecule is CC1(C)CN(CCOc2ccc(C#N)cc2)CCS1. The zero-order valence-electron chi connectivity index (χ0n) is 11.6. The van der Waals surface area contributed by atoms with Crippen molar-refractivity contribution in [1.82, 2.24) is 4.90 Å². The van der Waals surface area contributed by atoms with Crippen molar-refractivity contribution in [2.24, 2.45) is 0 Å². The summed E-state index contributed by atoms with van der Waals surface area (Å²) in [4.78, 5) is 2.46. The smallest absolute Gasteiger partial charge is 0.119 e. The van der Waals surface area contributed by atoms with Gasteiger partial charge in [0.05, 0.1) is 11.6 Å². The topological polar surface area (TPSA) is 36.3 Å². The molecule has 1 aliphatic rings. The minimum atomic E-state index is 0.354. The number of benzene rings is 1. The monoisotopic (exact) mass is 276 g/mol. The fraction of sp³-hybridized carbons (Fsp3) is 0.533. The summed E-state index contributed by atoms with van der Waals surface area (Å²) in [5.41, 5.74) is 0.669. The summed E-state index contributed by atoms with van der Waals surface area (Å²) in [5, 5.41) is 8.72. The lowest BCUT2D eigenvalue weighted by molar-refractivity contribution is 0.202. The molecule has 1 aromatic carbocycles. The van der Waals surface area contributed by atoms with Gasteiger partial charge in [-0.1, -0.05) is 0 Å². The number of rotatable bonds is 4. The minimum absolute atomic E-state index is 0.354. The highest BCUT2D eigenvalue weighted by molar-refractivity contribution is 8.00. The van der Waals surface area contributed by atoms with Crippen molar-refractivity contribution in [3.8, 4) is 11.8 Å². The second kappa shape index (κ2) is 6.31. The molecule has 102 valence electrons. The van der Waals surface area contributed by atoms with E-state index in [1.165, 1.54) is 5.75 Å². The van der Waals surface area contributed by atoms with Crippen LogP contribution < -0.4 is 4.74 Å². The molecule has 0 radical (unpaired) electrons. The first-order valence-corrected chi connectivity index (χ1v) is 7.57. The van der Waals surface area contributed by atoms with Crippen molar-refractivity contribution in [2.45, 2.75) is 18.6 Å². The summed E-state index contributed by atoms with van der Waals surface area (Å²) < 4.78 is 6.07. The number of hydrogen-bond acceptors (Lipinski definition) is 4. The number of hydrogen-bond donors (Lipinski definition) is 0. The van der Waals surface area contributed by atoms with E-state index in [1.807, 2.05) is 23.9 Å². The highest BCUT2D eigenvalue weighted by atomic mass is 32.2. The summed E-state index contributed by atoms with van der Waals surface area (Å²) >= 11 is 2.04. The number of nitrogens with zero attached hydrogens (tertiary/aromatic N) is 2. The van der Waals surface area contributed by atoms with Crippen LogP contribution in [-0.2, 0) is 0 Å². The van der Waals surface area contributed by atoms with Gasteiger partial charge < -0.3 is 4.74 Å². The lowest BCUT2D eigenvalue weighted by Crippen LogP contribution is -2.44. The Morgan fingerprint density at radius 2 is 2.11 bits per heavy atom. The van der Waals surface area contributed by atoms with Crippen molar-refractivity contribution >= 4 is 11.8 Å². The molecule has 0 aliphatic carbocycles. The van der Waals surface area contributed by atoms with Gasteiger partial charge in [-0.25, -0.2) is 0 Å². The van der Waals surface area contributed by atoms with Crippen molar-refractivity contribution in [2.75, 3.05) is 32.0 Å². The van der Waals surface area contributed by atoms with Crippen LogP contribution in [0.2, 0.25) is 0 Å². The first-order chi connectivity index (χ1) is 9.09. The quantitative estimate of drug-likeness (QED) is 0.847. The number of ether oxygens (including phenoxy) is 1. The summed E-state index contributed by atoms with van der Waals surface area (Å²) in [7, 11) is 0. The van der Waals surface area contributed by atoms with E-state index in [0.717, 1.165) is 25.4 Å². The van der Waals surface area contributed by atoms with Crippen LogP contribution in [0.5, 0.6) is 5.75 Å². The maximum Gasteiger partial charge on any atom is 0.119 e. The average Bonchev–Trinajstić information content (AvgIpc) is 2.38. The lowest BCUT2D eigenvalue weighted by atomic mass is 10.2. The first kappa shape index (κ1) is 14.2. The van der Waals surface area contributed by atoms with E-state index in [0.29, 0.717) is 16.9 Å². The molecule has 1 fully saturated rings. The largest absolute Gasteiger partial charge is 0.492 e. The highest BCUT2D eigenvalue weighted by Crippen LogP contribution is 2.29. The maximum absolute atomic E-state index is 8.72. The maximum atomic E-state index is 8.72. The third-order valence-corrected chi connectivity index (χ3v) is 4.46. The zero-order valence-corrected chi connectivity index (χ0v) is 12.4. The Balaban J connectivity index is 1.75. The van der Waals surface area contributed by atoms with Gasteiger partial charge in [0, 0.05) is 30.1 Å². The molecule has 1 aliphatic heterocycles. The highest BCUT2D eigenvalue weighted by Gasteiger charge is 2.26. The van der Waals surface area contributed by atoms with E-state index in [-0.39, 0.29) is 0 Å². The van der Waals surface area contributed by atoms with Crippen molar-refractivity contribution in [1.29, 1.82) is 5.26 Å². The lowest BCUT2D eigenvalue weighted by Gasteiger charge is -2.37.